The van der Waals surface area contributed by atoms with Crippen molar-refractivity contribution in [2.45, 2.75) is 50.5 Å². The van der Waals surface area contributed by atoms with E-state index in [1.54, 1.807) is 12.1 Å². The second-order valence-electron chi connectivity index (χ2n) is 6.86. The van der Waals surface area contributed by atoms with Gasteiger partial charge < -0.3 is 10.2 Å². The van der Waals surface area contributed by atoms with E-state index in [1.165, 1.54) is 0 Å². The lowest BCUT2D eigenvalue weighted by Crippen LogP contribution is -2.36. The third-order valence-corrected chi connectivity index (χ3v) is 6.07. The van der Waals surface area contributed by atoms with Crippen LogP contribution in [0, 0.1) is 23.6 Å². The minimum Gasteiger partial charge on any atom is -0.505 e. The zero-order valence-electron chi connectivity index (χ0n) is 11.6. The first-order valence-electron chi connectivity index (χ1n) is 7.84. The van der Waals surface area contributed by atoms with Crippen LogP contribution in [0.1, 0.15) is 49.1 Å². The Morgan fingerprint density at radius 2 is 1.75 bits per heavy atom. The lowest BCUT2D eigenvalue weighted by atomic mass is 9.61. The molecule has 3 heteroatoms. The second-order valence-corrected chi connectivity index (χ2v) is 6.86. The molecule has 20 heavy (non-hydrogen) atoms. The van der Waals surface area contributed by atoms with Gasteiger partial charge >= 0.3 is 0 Å². The van der Waals surface area contributed by atoms with E-state index in [9.17, 15) is 14.6 Å². The predicted octanol–water partition coefficient (Wildman–Crippen LogP) is 3.36. The molecule has 2 saturated carbocycles. The summed E-state index contributed by atoms with van der Waals surface area (Å²) in [4.78, 5) is 0. The fraction of sp³-hybridized carbons (Fsp3) is 0.647. The van der Waals surface area contributed by atoms with Gasteiger partial charge in [-0.1, -0.05) is 0 Å². The Hall–Kier alpha value is -1.09. The van der Waals surface area contributed by atoms with E-state index >= 15 is 0 Å². The van der Waals surface area contributed by atoms with Crippen molar-refractivity contribution in [3.63, 3.8) is 0 Å². The SMILES string of the molecule is Oc1cc2c(cc1F)[C@H]1CC[C@@H]3C(O)CC[C@H]3[C@@H]1CC2. The summed E-state index contributed by atoms with van der Waals surface area (Å²) >= 11 is 0. The summed E-state index contributed by atoms with van der Waals surface area (Å²) in [6.07, 6.45) is 6.13. The van der Waals surface area contributed by atoms with E-state index in [4.69, 9.17) is 0 Å². The summed E-state index contributed by atoms with van der Waals surface area (Å²) in [6, 6.07) is 3.18. The van der Waals surface area contributed by atoms with Crippen molar-refractivity contribution in [3.05, 3.63) is 29.1 Å². The van der Waals surface area contributed by atoms with Crippen molar-refractivity contribution < 1.29 is 14.6 Å². The van der Waals surface area contributed by atoms with Crippen LogP contribution < -0.4 is 0 Å². The second kappa shape index (κ2) is 4.45. The van der Waals surface area contributed by atoms with Crippen molar-refractivity contribution >= 4 is 0 Å². The van der Waals surface area contributed by atoms with Crippen molar-refractivity contribution in [1.29, 1.82) is 0 Å². The minimum absolute atomic E-state index is 0.112. The molecule has 1 aromatic carbocycles. The minimum atomic E-state index is -0.488. The fourth-order valence-electron chi connectivity index (χ4n) is 5.20. The summed E-state index contributed by atoms with van der Waals surface area (Å²) in [5.74, 6) is 1.42. The van der Waals surface area contributed by atoms with Crippen molar-refractivity contribution in [3.8, 4) is 5.75 Å². The maximum absolute atomic E-state index is 13.7. The average molecular weight is 276 g/mol. The maximum Gasteiger partial charge on any atom is 0.165 e. The predicted molar refractivity (Wildman–Crippen MR) is 74.1 cm³/mol. The molecule has 0 bridgehead atoms. The lowest BCUT2D eigenvalue weighted by Gasteiger charge is -2.44. The molecule has 0 aliphatic heterocycles. The van der Waals surface area contributed by atoms with Gasteiger partial charge in [-0.3, -0.25) is 0 Å². The molecule has 3 aliphatic carbocycles. The molecule has 2 nitrogen and oxygen atoms in total. The Kier molecular flexibility index (Phi) is 2.81. The fourth-order valence-corrected chi connectivity index (χ4v) is 5.20. The van der Waals surface area contributed by atoms with Gasteiger partial charge in [-0.25, -0.2) is 4.39 Å². The highest BCUT2D eigenvalue weighted by Crippen LogP contribution is 2.55. The van der Waals surface area contributed by atoms with Gasteiger partial charge in [0.25, 0.3) is 0 Å². The molecule has 0 radical (unpaired) electrons. The van der Waals surface area contributed by atoms with Crippen molar-refractivity contribution in [1.82, 2.24) is 0 Å². The van der Waals surface area contributed by atoms with Gasteiger partial charge in [0.2, 0.25) is 0 Å². The van der Waals surface area contributed by atoms with Gasteiger partial charge in [0.15, 0.2) is 11.6 Å². The normalized spacial score (nSPS) is 39.0. The first-order valence-corrected chi connectivity index (χ1v) is 7.84. The van der Waals surface area contributed by atoms with Gasteiger partial charge in [0, 0.05) is 0 Å². The summed E-state index contributed by atoms with van der Waals surface area (Å²) in [5.41, 5.74) is 2.25. The molecule has 0 aromatic heterocycles. The zero-order chi connectivity index (χ0) is 13.9. The molecule has 0 heterocycles. The molecule has 108 valence electrons. The highest BCUT2D eigenvalue weighted by Gasteiger charge is 2.47. The summed E-state index contributed by atoms with van der Waals surface area (Å²) in [5, 5.41) is 19.6. The Bertz CT molecular complexity index is 542. The molecule has 2 N–H and O–H groups in total. The smallest absolute Gasteiger partial charge is 0.165 e. The quantitative estimate of drug-likeness (QED) is 0.763. The Labute approximate surface area is 118 Å². The number of aryl methyl sites for hydroxylation is 1. The number of halogens is 1. The summed E-state index contributed by atoms with van der Waals surface area (Å²) in [6.45, 7) is 0. The largest absolute Gasteiger partial charge is 0.505 e. The van der Waals surface area contributed by atoms with E-state index in [2.05, 4.69) is 0 Å². The highest BCUT2D eigenvalue weighted by molar-refractivity contribution is 5.41. The van der Waals surface area contributed by atoms with Gasteiger partial charge in [0.05, 0.1) is 6.10 Å². The number of hydrogen-bond donors (Lipinski definition) is 2. The molecule has 2 fully saturated rings. The number of fused-ring (bicyclic) bond motifs is 5. The molecule has 3 aliphatic rings. The van der Waals surface area contributed by atoms with Crippen LogP contribution in [0.3, 0.4) is 0 Å². The van der Waals surface area contributed by atoms with E-state index in [-0.39, 0.29) is 11.9 Å². The molecule has 0 amide bonds. The molecule has 0 saturated heterocycles. The van der Waals surface area contributed by atoms with Crippen LogP contribution in [-0.4, -0.2) is 16.3 Å². The van der Waals surface area contributed by atoms with E-state index < -0.39 is 5.82 Å². The number of aromatic hydroxyl groups is 1. The van der Waals surface area contributed by atoms with Gasteiger partial charge in [-0.2, -0.15) is 0 Å². The first kappa shape index (κ1) is 12.6. The highest BCUT2D eigenvalue weighted by atomic mass is 19.1. The van der Waals surface area contributed by atoms with Crippen LogP contribution in [0.5, 0.6) is 5.75 Å². The molecule has 5 atom stereocenters. The van der Waals surface area contributed by atoms with E-state index in [1.807, 2.05) is 0 Å². The molecule has 4 rings (SSSR count). The Balaban J connectivity index is 1.71. The first-order chi connectivity index (χ1) is 9.65. The standard InChI is InChI=1S/C17H21FO2/c18-15-8-14-9(7-17(15)20)1-2-10-11-5-6-16(19)13(11)4-3-12(10)14/h7-8,10-13,16,19-20H,1-6H2/t10-,11-,12-,13-,16?/m0/s1. The molecule has 1 aromatic rings. The number of aliphatic hydroxyl groups excluding tert-OH is 1. The molecule has 0 spiro atoms. The number of phenols is 1. The molecular formula is C17H21FO2. The molecular weight excluding hydrogens is 255 g/mol. The van der Waals surface area contributed by atoms with Crippen molar-refractivity contribution in [2.75, 3.05) is 0 Å². The number of benzene rings is 1. The lowest BCUT2D eigenvalue weighted by molar-refractivity contribution is 0.0565. The van der Waals surface area contributed by atoms with Gasteiger partial charge in [0.1, 0.15) is 0 Å². The van der Waals surface area contributed by atoms with Crippen LogP contribution in [0.25, 0.3) is 0 Å². The number of hydrogen-bond acceptors (Lipinski definition) is 2. The van der Waals surface area contributed by atoms with Crippen LogP contribution >= 0.6 is 0 Å². The Morgan fingerprint density at radius 1 is 0.950 bits per heavy atom. The average Bonchev–Trinajstić information content (AvgIpc) is 2.82. The number of phenolic OH excluding ortho intramolecular Hbond substituents is 1. The third-order valence-electron chi connectivity index (χ3n) is 6.07. The van der Waals surface area contributed by atoms with Gasteiger partial charge in [-0.05, 0) is 85.5 Å². The molecule has 1 unspecified atom stereocenters. The van der Waals surface area contributed by atoms with E-state index in [0.29, 0.717) is 23.7 Å². The van der Waals surface area contributed by atoms with Gasteiger partial charge in [-0.15, -0.1) is 0 Å². The summed E-state index contributed by atoms with van der Waals surface area (Å²) in [7, 11) is 0. The van der Waals surface area contributed by atoms with Crippen LogP contribution in [0.2, 0.25) is 0 Å². The van der Waals surface area contributed by atoms with Crippen LogP contribution in [0.15, 0.2) is 12.1 Å². The van der Waals surface area contributed by atoms with Crippen LogP contribution in [0.4, 0.5) is 4.39 Å². The maximum atomic E-state index is 13.7. The summed E-state index contributed by atoms with van der Waals surface area (Å²) < 4.78 is 13.7. The zero-order valence-corrected chi connectivity index (χ0v) is 11.6. The number of aliphatic hydroxyl groups is 1. The monoisotopic (exact) mass is 276 g/mol. The topological polar surface area (TPSA) is 40.5 Å². The van der Waals surface area contributed by atoms with Crippen molar-refractivity contribution in [2.24, 2.45) is 17.8 Å². The van der Waals surface area contributed by atoms with E-state index in [0.717, 1.165) is 49.7 Å². The van der Waals surface area contributed by atoms with Crippen LogP contribution in [-0.2, 0) is 6.42 Å². The third kappa shape index (κ3) is 1.72. The Morgan fingerprint density at radius 3 is 2.60 bits per heavy atom. The number of rotatable bonds is 0.